The summed E-state index contributed by atoms with van der Waals surface area (Å²) < 4.78 is 4.96. The minimum Gasteiger partial charge on any atom is -0.481 e. The molecule has 3 unspecified atom stereocenters. The first-order valence-electron chi connectivity index (χ1n) is 38.1. The first kappa shape index (κ1) is 102. The Balaban J connectivity index is 2.36. The molecule has 0 aliphatic carbocycles. The number of amides is 15. The van der Waals surface area contributed by atoms with Gasteiger partial charge in [-0.25, -0.2) is 9.59 Å². The molecule has 0 fully saturated rings. The van der Waals surface area contributed by atoms with Crippen molar-refractivity contribution in [1.29, 1.82) is 0 Å². The summed E-state index contributed by atoms with van der Waals surface area (Å²) in [6.45, 7) is 7.09. The fourth-order valence-electron chi connectivity index (χ4n) is 11.7. The number of rotatable bonds is 58. The van der Waals surface area contributed by atoms with Crippen LogP contribution in [0.4, 0.5) is 0 Å². The number of hydrogen-bond acceptors (Lipinski definition) is 24. The van der Waals surface area contributed by atoms with Crippen molar-refractivity contribution in [1.82, 2.24) is 73.7 Å². The van der Waals surface area contributed by atoms with Gasteiger partial charge in [0.15, 0.2) is 12.2 Å². The number of aliphatic carboxylic acids is 5. The monoisotopic (exact) mass is 1680 g/mol. The second kappa shape index (κ2) is 51.8. The van der Waals surface area contributed by atoms with Crippen LogP contribution in [0, 0.1) is 11.8 Å². The van der Waals surface area contributed by atoms with E-state index in [1.807, 2.05) is 16.0 Å². The van der Waals surface area contributed by atoms with Gasteiger partial charge in [-0.1, -0.05) is 84.4 Å². The number of fused-ring (bicyclic) bond motifs is 1. The van der Waals surface area contributed by atoms with Gasteiger partial charge in [0.2, 0.25) is 88.6 Å². The van der Waals surface area contributed by atoms with Crippen molar-refractivity contribution in [2.75, 3.05) is 33.8 Å². The van der Waals surface area contributed by atoms with Crippen LogP contribution in [-0.2, 0) is 107 Å². The number of aliphatic hydroxyl groups excluding tert-OH is 2. The molecule has 658 valence electrons. The normalized spacial score (nSPS) is 15.2. The quantitative estimate of drug-likeness (QED) is 0.0274. The molecule has 118 heavy (non-hydrogen) atoms. The number of H-pyrrole nitrogens is 1. The first-order valence-corrected chi connectivity index (χ1v) is 38.1. The Hall–Kier alpha value is -12.0. The Morgan fingerprint density at radius 3 is 1.49 bits per heavy atom. The van der Waals surface area contributed by atoms with Crippen molar-refractivity contribution < 1.29 is 136 Å². The number of carbonyl (C=O) groups excluding carboxylic acids is 15. The van der Waals surface area contributed by atoms with Gasteiger partial charge >= 0.3 is 29.8 Å². The van der Waals surface area contributed by atoms with Crippen LogP contribution < -0.4 is 81.0 Å². The Kier molecular flexibility index (Phi) is 44.9. The zero-order chi connectivity index (χ0) is 89.4. The van der Waals surface area contributed by atoms with Gasteiger partial charge < -0.3 is 131 Å². The number of unbranched alkanes of at least 4 members (excludes halogenated alkanes) is 4. The predicted octanol–water partition coefficient (Wildman–Crippen LogP) is -6.31. The Bertz CT molecular complexity index is 3860. The third-order valence-corrected chi connectivity index (χ3v) is 18.8. The van der Waals surface area contributed by atoms with Crippen LogP contribution in [0.3, 0.4) is 0 Å². The number of ether oxygens (including phenoxy) is 1. The number of nitrogens with two attached hydrogens (primary N) is 3. The molecule has 1 heterocycles. The molecule has 0 aliphatic heterocycles. The lowest BCUT2D eigenvalue weighted by atomic mass is 9.98. The van der Waals surface area contributed by atoms with Gasteiger partial charge in [-0.05, 0) is 82.4 Å². The first-order chi connectivity index (χ1) is 55.4. The Morgan fingerprint density at radius 2 is 0.983 bits per heavy atom. The van der Waals surface area contributed by atoms with Crippen LogP contribution >= 0.6 is 0 Å². The third-order valence-electron chi connectivity index (χ3n) is 18.8. The van der Waals surface area contributed by atoms with E-state index < -0.39 is 267 Å². The van der Waals surface area contributed by atoms with E-state index in [9.17, 15) is 132 Å². The highest BCUT2D eigenvalue weighted by molar-refractivity contribution is 6.02. The molecule has 0 saturated heterocycles. The summed E-state index contributed by atoms with van der Waals surface area (Å²) in [4.78, 5) is 268. The summed E-state index contributed by atoms with van der Waals surface area (Å²) in [5.74, 6) is -27.4. The summed E-state index contributed by atoms with van der Waals surface area (Å²) in [6.07, 6.45) is -5.45. The van der Waals surface area contributed by atoms with Crippen molar-refractivity contribution >= 4 is 129 Å². The molecule has 0 saturated carbocycles. The summed E-state index contributed by atoms with van der Waals surface area (Å²) in [5, 5.41) is 97.3. The van der Waals surface area contributed by atoms with Crippen LogP contribution in [0.1, 0.15) is 156 Å². The molecule has 26 N–H and O–H groups in total. The molecular formula is C73H113N17O28. The molecule has 0 aliphatic rings. The number of aliphatic hydroxyl groups is 2. The van der Waals surface area contributed by atoms with Crippen LogP contribution in [0.15, 0.2) is 30.5 Å². The number of aromatic amines is 1. The maximum atomic E-state index is 14.3. The lowest BCUT2D eigenvalue weighted by molar-refractivity contribution is -0.154. The topological polar surface area (TPSA) is 734 Å². The van der Waals surface area contributed by atoms with Gasteiger partial charge in [-0.3, -0.25) is 86.3 Å². The maximum Gasteiger partial charge on any atom is 0.335 e. The van der Waals surface area contributed by atoms with Gasteiger partial charge in [-0.15, -0.1) is 0 Å². The molecule has 0 bridgehead atoms. The molecule has 2 rings (SSSR count). The van der Waals surface area contributed by atoms with Crippen molar-refractivity contribution in [3.63, 3.8) is 0 Å². The highest BCUT2D eigenvalue weighted by atomic mass is 16.5. The summed E-state index contributed by atoms with van der Waals surface area (Å²) in [6, 6.07) is -14.2. The molecule has 1 aromatic carbocycles. The molecule has 15 amide bonds. The van der Waals surface area contributed by atoms with E-state index in [1.54, 1.807) is 37.4 Å². The van der Waals surface area contributed by atoms with Gasteiger partial charge in [-0.2, -0.15) is 0 Å². The number of carboxylic acids is 5. The van der Waals surface area contributed by atoms with E-state index in [1.165, 1.54) is 6.92 Å². The van der Waals surface area contributed by atoms with Gasteiger partial charge in [0, 0.05) is 56.9 Å². The number of carbonyl (C=O) groups is 20. The lowest BCUT2D eigenvalue weighted by Gasteiger charge is -2.30. The van der Waals surface area contributed by atoms with Crippen LogP contribution in [0.2, 0.25) is 0 Å². The average molecular weight is 1680 g/mol. The molecule has 45 nitrogen and oxygen atoms in total. The van der Waals surface area contributed by atoms with E-state index in [0.29, 0.717) is 40.1 Å². The maximum absolute atomic E-state index is 14.3. The van der Waals surface area contributed by atoms with Crippen molar-refractivity contribution in [2.45, 2.75) is 242 Å². The summed E-state index contributed by atoms with van der Waals surface area (Å²) in [7, 11) is 1.74. The molecule has 0 radical (unpaired) electrons. The number of nitrogens with one attached hydrogen (secondary N) is 13. The number of nitrogens with zero attached hydrogens (tertiary/aromatic N) is 1. The van der Waals surface area contributed by atoms with E-state index in [0.717, 1.165) is 53.7 Å². The number of hydrogen-bond donors (Lipinski definition) is 23. The zero-order valence-electron chi connectivity index (χ0n) is 66.9. The molecular weight excluding hydrogens is 1560 g/mol. The van der Waals surface area contributed by atoms with Gasteiger partial charge in [0.25, 0.3) is 0 Å². The minimum absolute atomic E-state index is 0.00688. The van der Waals surface area contributed by atoms with E-state index in [-0.39, 0.29) is 38.6 Å². The van der Waals surface area contributed by atoms with E-state index in [4.69, 9.17) is 21.9 Å². The second-order valence-corrected chi connectivity index (χ2v) is 28.4. The van der Waals surface area contributed by atoms with Gasteiger partial charge in [0.05, 0.1) is 32.0 Å². The van der Waals surface area contributed by atoms with Crippen molar-refractivity contribution in [3.8, 4) is 0 Å². The minimum atomic E-state index is -2.64. The Morgan fingerprint density at radius 1 is 0.483 bits per heavy atom. The van der Waals surface area contributed by atoms with E-state index >= 15 is 0 Å². The number of methoxy groups -OCH3 is 1. The summed E-state index contributed by atoms with van der Waals surface area (Å²) >= 11 is 0. The number of para-hydroxylation sites is 1. The van der Waals surface area contributed by atoms with E-state index in [2.05, 4.69) is 66.7 Å². The smallest absolute Gasteiger partial charge is 0.335 e. The van der Waals surface area contributed by atoms with Gasteiger partial charge in [0.1, 0.15) is 66.5 Å². The van der Waals surface area contributed by atoms with Crippen LogP contribution in [0.25, 0.3) is 10.9 Å². The highest BCUT2D eigenvalue weighted by Gasteiger charge is 2.42. The third kappa shape index (κ3) is 36.0. The molecule has 1 aromatic heterocycles. The number of carboxylic acid groups (broad SMARTS) is 5. The number of likely N-dealkylation sites (N-methyl/N-ethyl adjacent to an activating group) is 1. The predicted molar refractivity (Wildman–Crippen MR) is 412 cm³/mol. The lowest BCUT2D eigenvalue weighted by Crippen LogP contribution is -2.64. The fraction of sp³-hybridized carbons (Fsp3) is 0.616. The molecule has 16 atom stereocenters. The highest BCUT2D eigenvalue weighted by Crippen LogP contribution is 2.21. The van der Waals surface area contributed by atoms with Crippen molar-refractivity contribution in [2.24, 2.45) is 29.0 Å². The fourth-order valence-corrected chi connectivity index (χ4v) is 11.7. The molecule has 45 heteroatoms. The van der Waals surface area contributed by atoms with Crippen LogP contribution in [-0.4, -0.2) is 283 Å². The second-order valence-electron chi connectivity index (χ2n) is 28.4. The number of aromatic nitrogens is 1. The number of primary amides is 2. The zero-order valence-corrected chi connectivity index (χ0v) is 66.9. The average Bonchev–Trinajstić information content (AvgIpc) is 1.63. The molecule has 0 spiro atoms. The number of benzene rings is 1. The van der Waals surface area contributed by atoms with Crippen LogP contribution in [0.5, 0.6) is 0 Å². The Labute approximate surface area is 677 Å². The van der Waals surface area contributed by atoms with Crippen molar-refractivity contribution in [3.05, 3.63) is 36.0 Å². The largest absolute Gasteiger partial charge is 0.481 e. The standard InChI is InChI=1S/C73H113N17O28/c1-9-35(3)19-13-11-12-14-23-49(93)80-45(29-39-32-77-41-21-16-15-20-40(39)41)66(108)83-44(25-27-53(98)99)65(107)88-57(59(102)61(76)103)70(112)87-56(38(6)91)71(113)90(7)34-51(95)79-37(5)62(104)85-47(31-54(100)101)68(110)82-42(22-17-18-28-74)63(105)89-58(60(118-8)73(116)117)69(111)78-33-50(94)81-46(30-48(75)92)67(109)84-43(24-26-52(96)97)64(106)86-55(72(114)115)36(4)10-2/h15-16,20-21,32,35-38,42-47,55-60,77,91,102H,9-14,17-19,22-31,33-34,74H2,1-8H3,(H2,75,92)(H2,76,103)(H,78,111)(H,79,95)(H,80,93)(H,81,94)(H,82,110)(H,83,108)(H,84,109)(H,85,104)(H,86,106)(H,87,112)(H,88,107)(H,89,105)(H,96,97)(H,98,99)(H,100,101)(H,114,115)(H,116,117)/t35?,36-,37-,38+,42+,43-,44+,45-,46+,47-,55-,56-,57-,58-,59?,60?/m0/s1. The molecule has 2 aromatic rings. The SMILES string of the molecule is CCC(C)CCCCCCC(=O)N[C@@H](Cc1c[nH]c2ccccc12)C(=O)N[C@H](CCC(=O)O)C(=O)N[C@H](C(=O)N[C@H](C(=O)N(C)CC(=O)N[C@@H](C)C(=O)N[C@@H](CC(=O)O)C(=O)N[C@H](CCCCN)C(=O)N[C@H](C(=O)NCC(=O)N[C@H](CC(N)=O)C(=O)N[C@@H](CCC(=O)O)C(=O)N[C@H](C(=O)O)[C@@H](C)CC)C(OC)C(=O)O)[C@@H](C)O)C(O)C(N)=O. The summed E-state index contributed by atoms with van der Waals surface area (Å²) in [5.41, 5.74) is 17.6.